The van der Waals surface area contributed by atoms with E-state index in [1.54, 1.807) is 24.3 Å². The standard InChI is InChI=1S/C11H10N4O/c12-9-1-3-10(4-2-9)15-11(16)8-5-13-7-14-6-8/h1-7H,12H2,(H,15,16). The van der Waals surface area contributed by atoms with Gasteiger partial charge >= 0.3 is 0 Å². The number of nitrogens with one attached hydrogen (secondary N) is 1. The first-order chi connectivity index (χ1) is 7.75. The van der Waals surface area contributed by atoms with Crippen LogP contribution in [0.5, 0.6) is 0 Å². The molecule has 5 nitrogen and oxygen atoms in total. The summed E-state index contributed by atoms with van der Waals surface area (Å²) in [6.45, 7) is 0. The Morgan fingerprint density at radius 2 is 1.75 bits per heavy atom. The van der Waals surface area contributed by atoms with E-state index in [4.69, 9.17) is 5.73 Å². The first kappa shape index (κ1) is 10.1. The van der Waals surface area contributed by atoms with Gasteiger partial charge in [0.2, 0.25) is 0 Å². The number of anilines is 2. The number of rotatable bonds is 2. The average Bonchev–Trinajstić information content (AvgIpc) is 2.33. The summed E-state index contributed by atoms with van der Waals surface area (Å²) in [5.41, 5.74) is 7.29. The number of carbonyl (C=O) groups excluding carboxylic acids is 1. The molecule has 0 fully saturated rings. The summed E-state index contributed by atoms with van der Waals surface area (Å²) < 4.78 is 0. The van der Waals surface area contributed by atoms with Gasteiger partial charge in [-0.05, 0) is 24.3 Å². The van der Waals surface area contributed by atoms with Gasteiger partial charge in [0.05, 0.1) is 5.56 Å². The predicted octanol–water partition coefficient (Wildman–Crippen LogP) is 1.31. The van der Waals surface area contributed by atoms with Crippen molar-refractivity contribution in [2.45, 2.75) is 0 Å². The molecule has 1 aromatic heterocycles. The summed E-state index contributed by atoms with van der Waals surface area (Å²) in [4.78, 5) is 19.2. The number of nitrogens with two attached hydrogens (primary N) is 1. The van der Waals surface area contributed by atoms with Gasteiger partial charge in [-0.3, -0.25) is 4.79 Å². The van der Waals surface area contributed by atoms with Gasteiger partial charge in [0.1, 0.15) is 6.33 Å². The second-order valence-electron chi connectivity index (χ2n) is 3.20. The van der Waals surface area contributed by atoms with Crippen LogP contribution in [0, 0.1) is 0 Å². The molecule has 0 bridgehead atoms. The molecule has 3 N–H and O–H groups in total. The van der Waals surface area contributed by atoms with Crippen molar-refractivity contribution in [2.75, 3.05) is 11.1 Å². The smallest absolute Gasteiger partial charge is 0.258 e. The second-order valence-corrected chi connectivity index (χ2v) is 3.20. The van der Waals surface area contributed by atoms with Crippen molar-refractivity contribution in [1.29, 1.82) is 0 Å². The van der Waals surface area contributed by atoms with Gasteiger partial charge in [0, 0.05) is 23.8 Å². The zero-order valence-corrected chi connectivity index (χ0v) is 8.42. The van der Waals surface area contributed by atoms with E-state index in [9.17, 15) is 4.79 Å². The number of benzene rings is 1. The molecule has 1 aromatic carbocycles. The lowest BCUT2D eigenvalue weighted by atomic mass is 10.2. The van der Waals surface area contributed by atoms with E-state index in [2.05, 4.69) is 15.3 Å². The maximum absolute atomic E-state index is 11.7. The number of amides is 1. The van der Waals surface area contributed by atoms with Gasteiger partial charge in [0.25, 0.3) is 5.91 Å². The lowest BCUT2D eigenvalue weighted by molar-refractivity contribution is 0.102. The lowest BCUT2D eigenvalue weighted by Gasteiger charge is -2.04. The molecule has 0 aliphatic rings. The minimum Gasteiger partial charge on any atom is -0.399 e. The molecule has 0 aliphatic carbocycles. The van der Waals surface area contributed by atoms with Crippen molar-refractivity contribution in [3.63, 3.8) is 0 Å². The summed E-state index contributed by atoms with van der Waals surface area (Å²) in [6.07, 6.45) is 4.29. The molecule has 80 valence electrons. The van der Waals surface area contributed by atoms with Crippen molar-refractivity contribution >= 4 is 17.3 Å². The van der Waals surface area contributed by atoms with E-state index in [1.165, 1.54) is 18.7 Å². The Labute approximate surface area is 92.3 Å². The number of carbonyl (C=O) groups is 1. The van der Waals surface area contributed by atoms with Gasteiger partial charge in [-0.15, -0.1) is 0 Å². The van der Waals surface area contributed by atoms with Crippen molar-refractivity contribution < 1.29 is 4.79 Å². The molecule has 0 unspecified atom stereocenters. The number of hydrogen-bond donors (Lipinski definition) is 2. The molecule has 0 atom stereocenters. The van der Waals surface area contributed by atoms with E-state index >= 15 is 0 Å². The van der Waals surface area contributed by atoms with Gasteiger partial charge in [-0.25, -0.2) is 9.97 Å². The Bertz CT molecular complexity index is 481. The second kappa shape index (κ2) is 4.39. The van der Waals surface area contributed by atoms with Gasteiger partial charge in [-0.1, -0.05) is 0 Å². The Balaban J connectivity index is 2.11. The van der Waals surface area contributed by atoms with Crippen LogP contribution in [0.15, 0.2) is 43.0 Å². The molecule has 0 saturated carbocycles. The van der Waals surface area contributed by atoms with Crippen LogP contribution in [-0.4, -0.2) is 15.9 Å². The van der Waals surface area contributed by atoms with Crippen molar-refractivity contribution in [3.8, 4) is 0 Å². The minimum atomic E-state index is -0.245. The molecule has 0 saturated heterocycles. The van der Waals surface area contributed by atoms with E-state index in [1.807, 2.05) is 0 Å². The van der Waals surface area contributed by atoms with E-state index < -0.39 is 0 Å². The highest BCUT2D eigenvalue weighted by Crippen LogP contribution is 2.11. The third-order valence-electron chi connectivity index (χ3n) is 1.99. The quantitative estimate of drug-likeness (QED) is 0.738. The molecule has 0 radical (unpaired) electrons. The predicted molar refractivity (Wildman–Crippen MR) is 60.8 cm³/mol. The number of hydrogen-bond acceptors (Lipinski definition) is 4. The third-order valence-corrected chi connectivity index (χ3v) is 1.99. The number of nitrogens with zero attached hydrogens (tertiary/aromatic N) is 2. The van der Waals surface area contributed by atoms with Gasteiger partial charge in [-0.2, -0.15) is 0 Å². The van der Waals surface area contributed by atoms with Crippen molar-refractivity contribution in [1.82, 2.24) is 9.97 Å². The van der Waals surface area contributed by atoms with Gasteiger partial charge < -0.3 is 11.1 Å². The maximum Gasteiger partial charge on any atom is 0.258 e. The van der Waals surface area contributed by atoms with Crippen LogP contribution in [0.1, 0.15) is 10.4 Å². The fourth-order valence-corrected chi connectivity index (χ4v) is 1.19. The first-order valence-electron chi connectivity index (χ1n) is 4.67. The van der Waals surface area contributed by atoms with Crippen molar-refractivity contribution in [2.24, 2.45) is 0 Å². The first-order valence-corrected chi connectivity index (χ1v) is 4.67. The molecule has 2 rings (SSSR count). The van der Waals surface area contributed by atoms with Crippen LogP contribution in [0.25, 0.3) is 0 Å². The van der Waals surface area contributed by atoms with Crippen LogP contribution in [0.3, 0.4) is 0 Å². The summed E-state index contributed by atoms with van der Waals surface area (Å²) in [5, 5.41) is 2.71. The third kappa shape index (κ3) is 2.33. The Kier molecular flexibility index (Phi) is 2.77. The highest BCUT2D eigenvalue weighted by Gasteiger charge is 2.05. The normalized spacial score (nSPS) is 9.75. The summed E-state index contributed by atoms with van der Waals surface area (Å²) in [5.74, 6) is -0.245. The highest BCUT2D eigenvalue weighted by molar-refractivity contribution is 6.03. The summed E-state index contributed by atoms with van der Waals surface area (Å²) >= 11 is 0. The van der Waals surface area contributed by atoms with Crippen LogP contribution in [0.4, 0.5) is 11.4 Å². The SMILES string of the molecule is Nc1ccc(NC(=O)c2cncnc2)cc1. The average molecular weight is 214 g/mol. The van der Waals surface area contributed by atoms with Crippen LogP contribution < -0.4 is 11.1 Å². The Morgan fingerprint density at radius 1 is 1.12 bits per heavy atom. The maximum atomic E-state index is 11.7. The number of aromatic nitrogens is 2. The molecular formula is C11H10N4O. The number of nitrogen functional groups attached to an aromatic ring is 1. The van der Waals surface area contributed by atoms with E-state index in [0.29, 0.717) is 16.9 Å². The summed E-state index contributed by atoms with van der Waals surface area (Å²) in [6, 6.07) is 6.91. The molecule has 1 amide bonds. The molecule has 5 heteroatoms. The topological polar surface area (TPSA) is 80.9 Å². The molecule has 2 aromatic rings. The summed E-state index contributed by atoms with van der Waals surface area (Å²) in [7, 11) is 0. The molecule has 0 aliphatic heterocycles. The zero-order chi connectivity index (χ0) is 11.4. The zero-order valence-electron chi connectivity index (χ0n) is 8.42. The fourth-order valence-electron chi connectivity index (χ4n) is 1.19. The highest BCUT2D eigenvalue weighted by atomic mass is 16.1. The van der Waals surface area contributed by atoms with E-state index in [-0.39, 0.29) is 5.91 Å². The van der Waals surface area contributed by atoms with Crippen molar-refractivity contribution in [3.05, 3.63) is 48.5 Å². The largest absolute Gasteiger partial charge is 0.399 e. The molecular weight excluding hydrogens is 204 g/mol. The molecule has 0 spiro atoms. The Morgan fingerprint density at radius 3 is 2.38 bits per heavy atom. The van der Waals surface area contributed by atoms with Crippen LogP contribution in [-0.2, 0) is 0 Å². The van der Waals surface area contributed by atoms with Gasteiger partial charge in [0.15, 0.2) is 0 Å². The van der Waals surface area contributed by atoms with Crippen LogP contribution in [0.2, 0.25) is 0 Å². The minimum absolute atomic E-state index is 0.245. The lowest BCUT2D eigenvalue weighted by Crippen LogP contribution is -2.12. The fraction of sp³-hybridized carbons (Fsp3) is 0. The molecule has 16 heavy (non-hydrogen) atoms. The molecule has 1 heterocycles. The monoisotopic (exact) mass is 214 g/mol. The van der Waals surface area contributed by atoms with E-state index in [0.717, 1.165) is 0 Å². The Hall–Kier alpha value is -2.43. The van der Waals surface area contributed by atoms with Crippen LogP contribution >= 0.6 is 0 Å².